The molecule has 1 aromatic heterocycles. The number of hydrogen-bond donors (Lipinski definition) is 2. The van der Waals surface area contributed by atoms with Crippen molar-refractivity contribution in [3.05, 3.63) is 89.6 Å². The maximum Gasteiger partial charge on any atom is 0.257 e. The molecule has 6 nitrogen and oxygen atoms in total. The van der Waals surface area contributed by atoms with Gasteiger partial charge in [0, 0.05) is 6.07 Å². The number of ether oxygens (including phenoxy) is 1. The summed E-state index contributed by atoms with van der Waals surface area (Å²) in [6.45, 7) is 3.77. The Morgan fingerprint density at radius 3 is 2.25 bits per heavy atom. The zero-order valence-electron chi connectivity index (χ0n) is 17.6. The van der Waals surface area contributed by atoms with Crippen LogP contribution in [0.1, 0.15) is 29.8 Å². The van der Waals surface area contributed by atoms with Crippen LogP contribution >= 0.6 is 0 Å². The highest BCUT2D eigenvalue weighted by Gasteiger charge is 2.27. The second-order valence-corrected chi connectivity index (χ2v) is 7.44. The fourth-order valence-electron chi connectivity index (χ4n) is 2.95. The first-order valence-corrected chi connectivity index (χ1v) is 10.0. The van der Waals surface area contributed by atoms with Crippen molar-refractivity contribution in [2.75, 3.05) is 5.32 Å². The first-order chi connectivity index (χ1) is 15.3. The molecule has 0 spiro atoms. The molecule has 32 heavy (non-hydrogen) atoms. The van der Waals surface area contributed by atoms with Gasteiger partial charge in [-0.1, -0.05) is 50.2 Å². The minimum atomic E-state index is -1.02. The predicted octanol–water partition coefficient (Wildman–Crippen LogP) is 4.33. The fourth-order valence-corrected chi connectivity index (χ4v) is 2.95. The summed E-state index contributed by atoms with van der Waals surface area (Å²) in [5.74, 6) is -3.49. The third-order valence-electron chi connectivity index (χ3n) is 4.66. The molecular weight excluding hydrogens is 416 g/mol. The van der Waals surface area contributed by atoms with Crippen LogP contribution < -0.4 is 15.4 Å². The highest BCUT2D eigenvalue weighted by Crippen LogP contribution is 2.16. The van der Waals surface area contributed by atoms with Gasteiger partial charge in [-0.15, -0.1) is 0 Å². The van der Waals surface area contributed by atoms with Crippen LogP contribution in [0, 0.1) is 17.6 Å². The van der Waals surface area contributed by atoms with Gasteiger partial charge < -0.3 is 15.4 Å². The summed E-state index contributed by atoms with van der Waals surface area (Å²) in [6.07, 6.45) is 1.42. The lowest BCUT2D eigenvalue weighted by Crippen LogP contribution is -2.47. The zero-order valence-corrected chi connectivity index (χ0v) is 17.6. The van der Waals surface area contributed by atoms with E-state index in [9.17, 15) is 18.4 Å². The van der Waals surface area contributed by atoms with Gasteiger partial charge in [0.2, 0.25) is 11.8 Å². The molecule has 1 unspecified atom stereocenters. The Bertz CT molecular complexity index is 1050. The van der Waals surface area contributed by atoms with E-state index in [2.05, 4.69) is 15.6 Å². The highest BCUT2D eigenvalue weighted by molar-refractivity contribution is 6.01. The van der Waals surface area contributed by atoms with Crippen molar-refractivity contribution >= 4 is 17.5 Å². The second kappa shape index (κ2) is 10.5. The van der Waals surface area contributed by atoms with Crippen molar-refractivity contribution in [1.29, 1.82) is 0 Å². The molecule has 0 aliphatic carbocycles. The molecule has 0 fully saturated rings. The topological polar surface area (TPSA) is 80.3 Å². The molecule has 1 atom stereocenters. The van der Waals surface area contributed by atoms with Crippen LogP contribution in [0.3, 0.4) is 0 Å². The molecule has 0 radical (unpaired) electrons. The van der Waals surface area contributed by atoms with E-state index >= 15 is 0 Å². The largest absolute Gasteiger partial charge is 0.473 e. The van der Waals surface area contributed by atoms with Crippen LogP contribution in [0.2, 0.25) is 0 Å². The van der Waals surface area contributed by atoms with Crippen molar-refractivity contribution in [1.82, 2.24) is 10.3 Å². The molecular formula is C24H23F2N3O3. The Kier molecular flexibility index (Phi) is 7.49. The van der Waals surface area contributed by atoms with Gasteiger partial charge in [-0.05, 0) is 29.7 Å². The van der Waals surface area contributed by atoms with Crippen molar-refractivity contribution in [3.8, 4) is 5.88 Å². The zero-order chi connectivity index (χ0) is 23.1. The molecule has 0 bridgehead atoms. The standard InChI is InChI=1S/C24H23F2N3O3/c1-15(2)22(29-23(30)21-18(25)9-6-10-19(21)26)24(31)28-17-11-12-20(27-13-17)32-14-16-7-4-3-5-8-16/h3-13,15,22H,14H2,1-2H3,(H,28,31)(H,29,30). The van der Waals surface area contributed by atoms with Crippen molar-refractivity contribution in [2.45, 2.75) is 26.5 Å². The Balaban J connectivity index is 1.62. The summed E-state index contributed by atoms with van der Waals surface area (Å²) in [7, 11) is 0. The highest BCUT2D eigenvalue weighted by atomic mass is 19.1. The maximum atomic E-state index is 13.9. The summed E-state index contributed by atoms with van der Waals surface area (Å²) in [5, 5.41) is 5.06. The minimum Gasteiger partial charge on any atom is -0.473 e. The van der Waals surface area contributed by atoms with Crippen LogP contribution in [-0.2, 0) is 11.4 Å². The number of amides is 2. The molecule has 0 saturated heterocycles. The van der Waals surface area contributed by atoms with Crippen molar-refractivity contribution in [3.63, 3.8) is 0 Å². The van der Waals surface area contributed by atoms with E-state index in [1.165, 1.54) is 6.20 Å². The Hall–Kier alpha value is -3.81. The smallest absolute Gasteiger partial charge is 0.257 e. The summed E-state index contributed by atoms with van der Waals surface area (Å²) in [6, 6.07) is 14.9. The Morgan fingerprint density at radius 1 is 0.969 bits per heavy atom. The average Bonchev–Trinajstić information content (AvgIpc) is 2.77. The van der Waals surface area contributed by atoms with E-state index < -0.39 is 35.1 Å². The summed E-state index contributed by atoms with van der Waals surface area (Å²) >= 11 is 0. The SMILES string of the molecule is CC(C)C(NC(=O)c1c(F)cccc1F)C(=O)Nc1ccc(OCc2ccccc2)nc1. The van der Waals surface area contributed by atoms with Gasteiger partial charge in [-0.2, -0.15) is 0 Å². The normalized spacial score (nSPS) is 11.7. The number of carbonyl (C=O) groups excluding carboxylic acids is 2. The van der Waals surface area contributed by atoms with Gasteiger partial charge in [-0.25, -0.2) is 13.8 Å². The number of carbonyl (C=O) groups is 2. The van der Waals surface area contributed by atoms with Gasteiger partial charge in [0.05, 0.1) is 11.9 Å². The third kappa shape index (κ3) is 5.87. The van der Waals surface area contributed by atoms with Crippen LogP contribution in [-0.4, -0.2) is 22.8 Å². The van der Waals surface area contributed by atoms with E-state index in [1.54, 1.807) is 26.0 Å². The lowest BCUT2D eigenvalue weighted by atomic mass is 10.0. The number of nitrogens with one attached hydrogen (secondary N) is 2. The molecule has 3 rings (SSSR count). The number of aromatic nitrogens is 1. The number of benzene rings is 2. The maximum absolute atomic E-state index is 13.9. The second-order valence-electron chi connectivity index (χ2n) is 7.44. The van der Waals surface area contributed by atoms with E-state index in [0.717, 1.165) is 23.8 Å². The fraction of sp³-hybridized carbons (Fsp3) is 0.208. The van der Waals surface area contributed by atoms with E-state index in [4.69, 9.17) is 4.74 Å². The third-order valence-corrected chi connectivity index (χ3v) is 4.66. The molecule has 2 N–H and O–H groups in total. The minimum absolute atomic E-state index is 0.338. The van der Waals surface area contributed by atoms with Crippen LogP contribution in [0.5, 0.6) is 5.88 Å². The van der Waals surface area contributed by atoms with Crippen LogP contribution in [0.4, 0.5) is 14.5 Å². The molecule has 3 aromatic rings. The number of anilines is 1. The molecule has 2 amide bonds. The predicted molar refractivity (Wildman–Crippen MR) is 116 cm³/mol. The molecule has 8 heteroatoms. The average molecular weight is 439 g/mol. The Labute approximate surface area is 184 Å². The summed E-state index contributed by atoms with van der Waals surface area (Å²) in [4.78, 5) is 29.3. The first-order valence-electron chi connectivity index (χ1n) is 10.0. The van der Waals surface area contributed by atoms with Gasteiger partial charge in [0.15, 0.2) is 0 Å². The Morgan fingerprint density at radius 2 is 1.66 bits per heavy atom. The summed E-state index contributed by atoms with van der Waals surface area (Å²) < 4.78 is 33.4. The number of halogens is 2. The van der Waals surface area contributed by atoms with E-state index in [0.29, 0.717) is 18.2 Å². The quantitative estimate of drug-likeness (QED) is 0.548. The van der Waals surface area contributed by atoms with Gasteiger partial charge >= 0.3 is 0 Å². The molecule has 0 aliphatic heterocycles. The van der Waals surface area contributed by atoms with E-state index in [1.807, 2.05) is 30.3 Å². The summed E-state index contributed by atoms with van der Waals surface area (Å²) in [5.41, 5.74) is 0.653. The molecule has 0 aliphatic rings. The monoisotopic (exact) mass is 439 g/mol. The van der Waals surface area contributed by atoms with Gasteiger partial charge in [0.25, 0.3) is 5.91 Å². The molecule has 166 valence electrons. The van der Waals surface area contributed by atoms with Gasteiger partial charge in [0.1, 0.15) is 29.8 Å². The molecule has 2 aromatic carbocycles. The van der Waals surface area contributed by atoms with Crippen LogP contribution in [0.15, 0.2) is 66.9 Å². The van der Waals surface area contributed by atoms with Crippen molar-refractivity contribution in [2.24, 2.45) is 5.92 Å². The number of nitrogens with zero attached hydrogens (tertiary/aromatic N) is 1. The van der Waals surface area contributed by atoms with E-state index in [-0.39, 0.29) is 5.92 Å². The molecule has 1 heterocycles. The lowest BCUT2D eigenvalue weighted by Gasteiger charge is -2.22. The molecule has 0 saturated carbocycles. The first kappa shape index (κ1) is 22.9. The number of rotatable bonds is 8. The van der Waals surface area contributed by atoms with Crippen molar-refractivity contribution < 1.29 is 23.1 Å². The number of hydrogen-bond acceptors (Lipinski definition) is 4. The lowest BCUT2D eigenvalue weighted by molar-refractivity contribution is -0.118. The van der Waals surface area contributed by atoms with Crippen LogP contribution in [0.25, 0.3) is 0 Å². The number of pyridine rings is 1. The van der Waals surface area contributed by atoms with Gasteiger partial charge in [-0.3, -0.25) is 9.59 Å².